The van der Waals surface area contributed by atoms with E-state index < -0.39 is 20.5 Å². The summed E-state index contributed by atoms with van der Waals surface area (Å²) in [6, 6.07) is 9.79. The zero-order chi connectivity index (χ0) is 17.9. The predicted molar refractivity (Wildman–Crippen MR) is 96.1 cm³/mol. The van der Waals surface area contributed by atoms with Crippen molar-refractivity contribution in [3.63, 3.8) is 0 Å². The number of benzene rings is 1. The lowest BCUT2D eigenvalue weighted by atomic mass is 9.96. The molecule has 2 aromatic rings. The van der Waals surface area contributed by atoms with Crippen LogP contribution < -0.4 is 10.6 Å². The molecule has 1 fully saturated rings. The van der Waals surface area contributed by atoms with Crippen molar-refractivity contribution in [3.8, 4) is 0 Å². The Labute approximate surface area is 147 Å². The molecule has 1 aromatic carbocycles. The van der Waals surface area contributed by atoms with E-state index in [2.05, 4.69) is 15.6 Å². The second-order valence-corrected chi connectivity index (χ2v) is 8.66. The molecule has 7 nitrogen and oxygen atoms in total. The van der Waals surface area contributed by atoms with Gasteiger partial charge in [0.05, 0.1) is 6.54 Å². The largest absolute Gasteiger partial charge is 0.317 e. The van der Waals surface area contributed by atoms with Crippen LogP contribution in [0.1, 0.15) is 18.4 Å². The number of imidazole rings is 1. The van der Waals surface area contributed by atoms with Gasteiger partial charge in [-0.05, 0) is 31.5 Å². The Balaban J connectivity index is 1.82. The van der Waals surface area contributed by atoms with Gasteiger partial charge < -0.3 is 9.88 Å². The minimum absolute atomic E-state index is 0.261. The Kier molecular flexibility index (Phi) is 4.91. The molecule has 1 aromatic heterocycles. The SMILES string of the molecule is CS(=O)(=O)C1(C(=O)Nc2nccn2Cc2ccccc2)CCNCC1. The summed E-state index contributed by atoms with van der Waals surface area (Å²) in [4.78, 5) is 17.0. The van der Waals surface area contributed by atoms with Crippen LogP contribution in [0, 0.1) is 0 Å². The molecule has 8 heteroatoms. The molecule has 2 heterocycles. The molecule has 2 N–H and O–H groups in total. The van der Waals surface area contributed by atoms with Crippen LogP contribution in [0.2, 0.25) is 0 Å². The van der Waals surface area contributed by atoms with Gasteiger partial charge in [0.2, 0.25) is 11.9 Å². The van der Waals surface area contributed by atoms with E-state index in [1.807, 2.05) is 30.3 Å². The molecular formula is C17H22N4O3S. The summed E-state index contributed by atoms with van der Waals surface area (Å²) in [5.41, 5.74) is 1.07. The van der Waals surface area contributed by atoms with E-state index in [9.17, 15) is 13.2 Å². The first-order valence-corrected chi connectivity index (χ1v) is 10.1. The Morgan fingerprint density at radius 3 is 2.60 bits per heavy atom. The number of anilines is 1. The van der Waals surface area contributed by atoms with Gasteiger partial charge in [-0.3, -0.25) is 10.1 Å². The number of sulfone groups is 1. The minimum atomic E-state index is -3.55. The van der Waals surface area contributed by atoms with Crippen molar-refractivity contribution in [1.29, 1.82) is 0 Å². The highest BCUT2D eigenvalue weighted by Crippen LogP contribution is 2.29. The standard InChI is InChI=1S/C17H22N4O3S/c1-25(23,24)17(7-9-18-10-8-17)15(22)20-16-19-11-12-21(16)13-14-5-3-2-4-6-14/h2-6,11-12,18H,7-10,13H2,1H3,(H,19,20,22). The molecule has 0 spiro atoms. The van der Waals surface area contributed by atoms with Crippen LogP contribution in [0.25, 0.3) is 0 Å². The van der Waals surface area contributed by atoms with Crippen molar-refractivity contribution in [1.82, 2.24) is 14.9 Å². The van der Waals surface area contributed by atoms with Crippen LogP contribution in [0.5, 0.6) is 0 Å². The van der Waals surface area contributed by atoms with Crippen LogP contribution >= 0.6 is 0 Å². The molecule has 0 atom stereocenters. The average molecular weight is 362 g/mol. The fraction of sp³-hybridized carbons (Fsp3) is 0.412. The van der Waals surface area contributed by atoms with E-state index in [4.69, 9.17) is 0 Å². The number of carbonyl (C=O) groups is 1. The molecule has 1 amide bonds. The lowest BCUT2D eigenvalue weighted by molar-refractivity contribution is -0.119. The molecular weight excluding hydrogens is 340 g/mol. The summed E-state index contributed by atoms with van der Waals surface area (Å²) in [6.07, 6.45) is 5.01. The third-order valence-corrected chi connectivity index (χ3v) is 6.68. The number of rotatable bonds is 5. The van der Waals surface area contributed by atoms with Crippen molar-refractivity contribution in [2.75, 3.05) is 24.7 Å². The van der Waals surface area contributed by atoms with Gasteiger partial charge in [-0.15, -0.1) is 0 Å². The first-order valence-electron chi connectivity index (χ1n) is 8.19. The molecule has 0 radical (unpaired) electrons. The first kappa shape index (κ1) is 17.6. The fourth-order valence-electron chi connectivity index (χ4n) is 3.15. The lowest BCUT2D eigenvalue weighted by Gasteiger charge is -2.34. The van der Waals surface area contributed by atoms with E-state index >= 15 is 0 Å². The zero-order valence-electron chi connectivity index (χ0n) is 14.1. The van der Waals surface area contributed by atoms with Gasteiger partial charge in [-0.1, -0.05) is 30.3 Å². The number of aromatic nitrogens is 2. The normalized spacial score (nSPS) is 17.2. The molecule has 0 saturated carbocycles. The first-order chi connectivity index (χ1) is 11.9. The molecule has 25 heavy (non-hydrogen) atoms. The van der Waals surface area contributed by atoms with Gasteiger partial charge in [-0.2, -0.15) is 0 Å². The molecule has 1 aliphatic rings. The number of hydrogen-bond donors (Lipinski definition) is 2. The van der Waals surface area contributed by atoms with Crippen molar-refractivity contribution in [2.24, 2.45) is 0 Å². The summed E-state index contributed by atoms with van der Waals surface area (Å²) >= 11 is 0. The molecule has 0 aliphatic carbocycles. The fourth-order valence-corrected chi connectivity index (χ4v) is 4.49. The van der Waals surface area contributed by atoms with Crippen molar-refractivity contribution >= 4 is 21.7 Å². The van der Waals surface area contributed by atoms with Crippen molar-refractivity contribution in [3.05, 3.63) is 48.3 Å². The minimum Gasteiger partial charge on any atom is -0.317 e. The van der Waals surface area contributed by atoms with Gasteiger partial charge in [-0.25, -0.2) is 13.4 Å². The van der Waals surface area contributed by atoms with Gasteiger partial charge in [0.15, 0.2) is 14.6 Å². The topological polar surface area (TPSA) is 93.1 Å². The van der Waals surface area contributed by atoms with Gasteiger partial charge in [0.1, 0.15) is 0 Å². The average Bonchev–Trinajstić information content (AvgIpc) is 3.02. The Hall–Kier alpha value is -2.19. The monoisotopic (exact) mass is 362 g/mol. The van der Waals surface area contributed by atoms with Crippen LogP contribution in [-0.2, 0) is 21.2 Å². The summed E-state index contributed by atoms with van der Waals surface area (Å²) in [7, 11) is -3.55. The quantitative estimate of drug-likeness (QED) is 0.829. The Morgan fingerprint density at radius 2 is 1.96 bits per heavy atom. The van der Waals surface area contributed by atoms with Crippen LogP contribution in [0.15, 0.2) is 42.7 Å². The molecule has 0 unspecified atom stereocenters. The van der Waals surface area contributed by atoms with Crippen LogP contribution in [0.4, 0.5) is 5.95 Å². The lowest BCUT2D eigenvalue weighted by Crippen LogP contribution is -2.55. The van der Waals surface area contributed by atoms with E-state index in [1.54, 1.807) is 17.0 Å². The zero-order valence-corrected chi connectivity index (χ0v) is 14.9. The number of nitrogens with one attached hydrogen (secondary N) is 2. The molecule has 0 bridgehead atoms. The number of carbonyl (C=O) groups excluding carboxylic acids is 1. The Morgan fingerprint density at radius 1 is 1.28 bits per heavy atom. The second-order valence-electron chi connectivity index (χ2n) is 6.33. The summed E-state index contributed by atoms with van der Waals surface area (Å²) < 4.78 is 25.1. The van der Waals surface area contributed by atoms with Crippen LogP contribution in [-0.4, -0.2) is 48.0 Å². The van der Waals surface area contributed by atoms with Crippen molar-refractivity contribution in [2.45, 2.75) is 24.1 Å². The van der Waals surface area contributed by atoms with Gasteiger partial charge >= 0.3 is 0 Å². The highest BCUT2D eigenvalue weighted by Gasteiger charge is 2.48. The third-order valence-electron chi connectivity index (χ3n) is 4.67. The third kappa shape index (κ3) is 3.59. The van der Waals surface area contributed by atoms with Gasteiger partial charge in [0, 0.05) is 18.6 Å². The number of piperidine rings is 1. The van der Waals surface area contributed by atoms with Crippen molar-refractivity contribution < 1.29 is 13.2 Å². The number of nitrogens with zero attached hydrogens (tertiary/aromatic N) is 2. The summed E-state index contributed by atoms with van der Waals surface area (Å²) in [5.74, 6) is -0.146. The Bertz CT molecular complexity index is 840. The highest BCUT2D eigenvalue weighted by molar-refractivity contribution is 7.92. The van der Waals surface area contributed by atoms with Gasteiger partial charge in [0.25, 0.3) is 0 Å². The number of hydrogen-bond acceptors (Lipinski definition) is 5. The smallest absolute Gasteiger partial charge is 0.248 e. The molecule has 1 saturated heterocycles. The highest BCUT2D eigenvalue weighted by atomic mass is 32.2. The van der Waals surface area contributed by atoms with E-state index in [0.717, 1.165) is 11.8 Å². The number of amides is 1. The molecule has 134 valence electrons. The van der Waals surface area contributed by atoms with Crippen LogP contribution in [0.3, 0.4) is 0 Å². The van der Waals surface area contributed by atoms with E-state index in [-0.39, 0.29) is 12.8 Å². The van der Waals surface area contributed by atoms with E-state index in [0.29, 0.717) is 25.6 Å². The maximum atomic E-state index is 12.9. The summed E-state index contributed by atoms with van der Waals surface area (Å²) in [5, 5.41) is 5.84. The molecule has 3 rings (SSSR count). The maximum Gasteiger partial charge on any atom is 0.248 e. The van der Waals surface area contributed by atoms with E-state index in [1.165, 1.54) is 0 Å². The second kappa shape index (κ2) is 6.97. The molecule has 1 aliphatic heterocycles. The maximum absolute atomic E-state index is 12.9. The summed E-state index contributed by atoms with van der Waals surface area (Å²) in [6.45, 7) is 1.54. The predicted octanol–water partition coefficient (Wildman–Crippen LogP) is 1.04.